The fourth-order valence-corrected chi connectivity index (χ4v) is 3.39. The van der Waals surface area contributed by atoms with Gasteiger partial charge in [0.25, 0.3) is 0 Å². The highest BCUT2D eigenvalue weighted by Gasteiger charge is 2.13. The SMILES string of the molecule is CCC(C)Oc1cc(-c2ccc(F)cc2)ccc1COc1ccccc1-c1ccccn1. The molecular formula is C28H26FNO2. The van der Waals surface area contributed by atoms with Gasteiger partial charge < -0.3 is 9.47 Å². The quantitative estimate of drug-likeness (QED) is 0.295. The number of hydrogen-bond donors (Lipinski definition) is 0. The lowest BCUT2D eigenvalue weighted by molar-refractivity contribution is 0.209. The Labute approximate surface area is 188 Å². The van der Waals surface area contributed by atoms with E-state index in [9.17, 15) is 4.39 Å². The van der Waals surface area contributed by atoms with Crippen LogP contribution >= 0.6 is 0 Å². The van der Waals surface area contributed by atoms with Crippen molar-refractivity contribution in [2.75, 3.05) is 0 Å². The van der Waals surface area contributed by atoms with Gasteiger partial charge in [0.05, 0.1) is 11.8 Å². The Hall–Kier alpha value is -3.66. The van der Waals surface area contributed by atoms with Gasteiger partial charge in [-0.3, -0.25) is 4.98 Å². The number of pyridine rings is 1. The zero-order valence-electron chi connectivity index (χ0n) is 18.3. The molecule has 0 aliphatic rings. The lowest BCUT2D eigenvalue weighted by Crippen LogP contribution is -2.12. The largest absolute Gasteiger partial charge is 0.490 e. The summed E-state index contributed by atoms with van der Waals surface area (Å²) in [6.45, 7) is 4.50. The lowest BCUT2D eigenvalue weighted by atomic mass is 10.0. The van der Waals surface area contributed by atoms with E-state index in [1.165, 1.54) is 12.1 Å². The number of halogens is 1. The average molecular weight is 428 g/mol. The Morgan fingerprint density at radius 3 is 2.34 bits per heavy atom. The van der Waals surface area contributed by atoms with Gasteiger partial charge in [0.15, 0.2) is 0 Å². The zero-order valence-corrected chi connectivity index (χ0v) is 18.3. The van der Waals surface area contributed by atoms with Crippen LogP contribution in [0, 0.1) is 5.82 Å². The summed E-state index contributed by atoms with van der Waals surface area (Å²) >= 11 is 0. The Morgan fingerprint density at radius 1 is 0.844 bits per heavy atom. The van der Waals surface area contributed by atoms with E-state index >= 15 is 0 Å². The zero-order chi connectivity index (χ0) is 22.3. The van der Waals surface area contributed by atoms with E-state index in [-0.39, 0.29) is 11.9 Å². The minimum atomic E-state index is -0.249. The highest BCUT2D eigenvalue weighted by atomic mass is 19.1. The minimum absolute atomic E-state index is 0.0676. The number of ether oxygens (including phenoxy) is 2. The first-order valence-corrected chi connectivity index (χ1v) is 10.8. The van der Waals surface area contributed by atoms with Gasteiger partial charge >= 0.3 is 0 Å². The second kappa shape index (κ2) is 10.1. The summed E-state index contributed by atoms with van der Waals surface area (Å²) < 4.78 is 25.8. The molecule has 3 nitrogen and oxygen atoms in total. The molecule has 1 heterocycles. The second-order valence-corrected chi connectivity index (χ2v) is 7.67. The van der Waals surface area contributed by atoms with Gasteiger partial charge in [-0.2, -0.15) is 0 Å². The molecule has 0 amide bonds. The van der Waals surface area contributed by atoms with Crippen LogP contribution in [0.25, 0.3) is 22.4 Å². The van der Waals surface area contributed by atoms with E-state index < -0.39 is 0 Å². The highest BCUT2D eigenvalue weighted by molar-refractivity contribution is 5.67. The summed E-state index contributed by atoms with van der Waals surface area (Å²) in [6, 6.07) is 26.2. The molecule has 0 spiro atoms. The van der Waals surface area contributed by atoms with Gasteiger partial charge in [0, 0.05) is 17.3 Å². The van der Waals surface area contributed by atoms with Gasteiger partial charge in [-0.1, -0.05) is 49.4 Å². The molecule has 1 aromatic heterocycles. The molecule has 0 aliphatic heterocycles. The van der Waals surface area contributed by atoms with Crippen molar-refractivity contribution in [2.24, 2.45) is 0 Å². The van der Waals surface area contributed by atoms with Crippen LogP contribution in [0.3, 0.4) is 0 Å². The first kappa shape index (κ1) is 21.6. The normalized spacial score (nSPS) is 11.7. The molecule has 0 fully saturated rings. The third kappa shape index (κ3) is 5.14. The number of para-hydroxylation sites is 1. The number of hydrogen-bond acceptors (Lipinski definition) is 3. The van der Waals surface area contributed by atoms with Crippen LogP contribution in [0.2, 0.25) is 0 Å². The summed E-state index contributed by atoms with van der Waals surface area (Å²) in [5, 5.41) is 0. The minimum Gasteiger partial charge on any atom is -0.490 e. The molecule has 0 radical (unpaired) electrons. The van der Waals surface area contributed by atoms with Crippen molar-refractivity contribution in [3.8, 4) is 33.9 Å². The average Bonchev–Trinajstić information content (AvgIpc) is 2.84. The molecule has 0 aliphatic carbocycles. The molecule has 1 unspecified atom stereocenters. The summed E-state index contributed by atoms with van der Waals surface area (Å²) in [5.74, 6) is 1.29. The van der Waals surface area contributed by atoms with Crippen molar-refractivity contribution in [1.29, 1.82) is 0 Å². The summed E-state index contributed by atoms with van der Waals surface area (Å²) in [7, 11) is 0. The van der Waals surface area contributed by atoms with E-state index in [1.54, 1.807) is 18.3 Å². The maximum absolute atomic E-state index is 13.3. The Bertz CT molecular complexity index is 1160. The second-order valence-electron chi connectivity index (χ2n) is 7.67. The first-order chi connectivity index (χ1) is 15.6. The van der Waals surface area contributed by atoms with E-state index in [4.69, 9.17) is 9.47 Å². The van der Waals surface area contributed by atoms with Gasteiger partial charge in [-0.05, 0) is 66.9 Å². The maximum Gasteiger partial charge on any atom is 0.129 e. The first-order valence-electron chi connectivity index (χ1n) is 10.8. The molecule has 32 heavy (non-hydrogen) atoms. The molecule has 4 rings (SSSR count). The van der Waals surface area contributed by atoms with Crippen molar-refractivity contribution in [3.05, 3.63) is 103 Å². The van der Waals surface area contributed by atoms with Gasteiger partial charge in [0.1, 0.15) is 23.9 Å². The Morgan fingerprint density at radius 2 is 1.59 bits per heavy atom. The van der Waals surface area contributed by atoms with Crippen molar-refractivity contribution in [3.63, 3.8) is 0 Å². The molecule has 3 aromatic carbocycles. The molecule has 4 heteroatoms. The monoisotopic (exact) mass is 427 g/mol. The standard InChI is InChI=1S/C28H26FNO2/c1-3-20(2)32-28-18-22(21-13-15-24(29)16-14-21)11-12-23(28)19-31-27-10-5-4-8-25(27)26-9-6-7-17-30-26/h4-18,20H,3,19H2,1-2H3. The lowest BCUT2D eigenvalue weighted by Gasteiger charge is -2.18. The molecule has 0 saturated heterocycles. The number of aromatic nitrogens is 1. The van der Waals surface area contributed by atoms with Crippen LogP contribution in [0.1, 0.15) is 25.8 Å². The van der Waals surface area contributed by atoms with Crippen LogP contribution in [-0.4, -0.2) is 11.1 Å². The van der Waals surface area contributed by atoms with Gasteiger partial charge in [0.2, 0.25) is 0 Å². The summed E-state index contributed by atoms with van der Waals surface area (Å²) in [5.41, 5.74) is 4.67. The molecule has 1 atom stereocenters. The van der Waals surface area contributed by atoms with Crippen LogP contribution in [-0.2, 0) is 6.61 Å². The van der Waals surface area contributed by atoms with Crippen LogP contribution < -0.4 is 9.47 Å². The topological polar surface area (TPSA) is 31.4 Å². The fourth-order valence-electron chi connectivity index (χ4n) is 3.39. The number of rotatable bonds is 8. The molecule has 0 N–H and O–H groups in total. The number of benzene rings is 3. The van der Waals surface area contributed by atoms with E-state index in [2.05, 4.69) is 11.9 Å². The third-order valence-corrected chi connectivity index (χ3v) is 5.36. The molecule has 0 saturated carbocycles. The van der Waals surface area contributed by atoms with Gasteiger partial charge in [-0.25, -0.2) is 4.39 Å². The summed E-state index contributed by atoms with van der Waals surface area (Å²) in [6.07, 6.45) is 2.74. The van der Waals surface area contributed by atoms with Crippen molar-refractivity contribution in [1.82, 2.24) is 4.98 Å². The predicted molar refractivity (Wildman–Crippen MR) is 126 cm³/mol. The smallest absolute Gasteiger partial charge is 0.129 e. The van der Waals surface area contributed by atoms with Crippen molar-refractivity contribution < 1.29 is 13.9 Å². The molecule has 4 aromatic rings. The number of nitrogens with zero attached hydrogens (tertiary/aromatic N) is 1. The Kier molecular flexibility index (Phi) is 6.81. The predicted octanol–water partition coefficient (Wildman–Crippen LogP) is 7.31. The fraction of sp³-hybridized carbons (Fsp3) is 0.179. The van der Waals surface area contributed by atoms with E-state index in [1.807, 2.05) is 67.6 Å². The van der Waals surface area contributed by atoms with Crippen LogP contribution in [0.4, 0.5) is 4.39 Å². The summed E-state index contributed by atoms with van der Waals surface area (Å²) in [4.78, 5) is 4.45. The third-order valence-electron chi connectivity index (χ3n) is 5.36. The van der Waals surface area contributed by atoms with Crippen molar-refractivity contribution >= 4 is 0 Å². The van der Waals surface area contributed by atoms with Crippen molar-refractivity contribution in [2.45, 2.75) is 33.0 Å². The van der Waals surface area contributed by atoms with E-state index in [0.29, 0.717) is 6.61 Å². The molecule has 0 bridgehead atoms. The molecule has 162 valence electrons. The maximum atomic E-state index is 13.3. The van der Waals surface area contributed by atoms with Crippen LogP contribution in [0.5, 0.6) is 11.5 Å². The van der Waals surface area contributed by atoms with Gasteiger partial charge in [-0.15, -0.1) is 0 Å². The molecular weight excluding hydrogens is 401 g/mol. The highest BCUT2D eigenvalue weighted by Crippen LogP contribution is 2.32. The van der Waals surface area contributed by atoms with Crippen LogP contribution in [0.15, 0.2) is 91.1 Å². The Balaban J connectivity index is 1.61. The van der Waals surface area contributed by atoms with E-state index in [0.717, 1.165) is 45.9 Å².